The Bertz CT molecular complexity index is 691. The van der Waals surface area contributed by atoms with E-state index in [-0.39, 0.29) is 0 Å². The second-order valence-corrected chi connectivity index (χ2v) is 6.32. The molecule has 0 atom stereocenters. The SMILES string of the molecule is CCCOc1cc(Cl)c(CNCCc2ccccc2OC)cc1OCC. The third-order valence-corrected chi connectivity index (χ3v) is 4.31. The van der Waals surface area contributed by atoms with Crippen LogP contribution in [0.4, 0.5) is 0 Å². The van der Waals surface area contributed by atoms with E-state index in [1.54, 1.807) is 7.11 Å². The summed E-state index contributed by atoms with van der Waals surface area (Å²) in [5, 5.41) is 4.12. The highest BCUT2D eigenvalue weighted by atomic mass is 35.5. The second kappa shape index (κ2) is 10.9. The number of hydrogen-bond donors (Lipinski definition) is 1. The molecule has 4 nitrogen and oxygen atoms in total. The molecule has 2 aromatic carbocycles. The fourth-order valence-corrected chi connectivity index (χ4v) is 2.88. The summed E-state index contributed by atoms with van der Waals surface area (Å²) in [6, 6.07) is 11.9. The highest BCUT2D eigenvalue weighted by molar-refractivity contribution is 6.31. The highest BCUT2D eigenvalue weighted by Gasteiger charge is 2.11. The average molecular weight is 378 g/mol. The molecule has 0 bridgehead atoms. The van der Waals surface area contributed by atoms with Crippen LogP contribution < -0.4 is 19.5 Å². The molecule has 26 heavy (non-hydrogen) atoms. The number of rotatable bonds is 11. The zero-order valence-electron chi connectivity index (χ0n) is 15.8. The highest BCUT2D eigenvalue weighted by Crippen LogP contribution is 2.33. The molecule has 142 valence electrons. The summed E-state index contributed by atoms with van der Waals surface area (Å²) in [4.78, 5) is 0. The van der Waals surface area contributed by atoms with Crippen LogP contribution in [0.5, 0.6) is 17.2 Å². The minimum atomic E-state index is 0.588. The van der Waals surface area contributed by atoms with E-state index in [4.69, 9.17) is 25.8 Å². The molecule has 0 aliphatic heterocycles. The lowest BCUT2D eigenvalue weighted by atomic mass is 10.1. The van der Waals surface area contributed by atoms with Gasteiger partial charge in [0.15, 0.2) is 11.5 Å². The van der Waals surface area contributed by atoms with Crippen molar-refractivity contribution in [2.24, 2.45) is 0 Å². The van der Waals surface area contributed by atoms with E-state index in [0.717, 1.165) is 36.4 Å². The predicted octanol–water partition coefficient (Wildman–Crippen LogP) is 4.87. The van der Waals surface area contributed by atoms with E-state index in [1.165, 1.54) is 5.56 Å². The molecule has 1 N–H and O–H groups in total. The van der Waals surface area contributed by atoms with Gasteiger partial charge in [0, 0.05) is 17.6 Å². The van der Waals surface area contributed by atoms with Crippen molar-refractivity contribution in [2.45, 2.75) is 33.2 Å². The summed E-state index contributed by atoms with van der Waals surface area (Å²) < 4.78 is 16.8. The lowest BCUT2D eigenvalue weighted by Gasteiger charge is -2.15. The molecule has 0 aliphatic rings. The molecule has 0 aliphatic carbocycles. The zero-order chi connectivity index (χ0) is 18.8. The van der Waals surface area contributed by atoms with Crippen LogP contribution >= 0.6 is 11.6 Å². The number of hydrogen-bond acceptors (Lipinski definition) is 4. The maximum atomic E-state index is 6.43. The van der Waals surface area contributed by atoms with Gasteiger partial charge in [0.25, 0.3) is 0 Å². The van der Waals surface area contributed by atoms with Gasteiger partial charge in [-0.2, -0.15) is 0 Å². The molecule has 0 saturated carbocycles. The third-order valence-electron chi connectivity index (χ3n) is 3.95. The van der Waals surface area contributed by atoms with Gasteiger partial charge >= 0.3 is 0 Å². The molecule has 2 aromatic rings. The van der Waals surface area contributed by atoms with Crippen LogP contribution in [-0.4, -0.2) is 26.9 Å². The molecule has 0 radical (unpaired) electrons. The maximum absolute atomic E-state index is 6.43. The normalized spacial score (nSPS) is 10.6. The molecule has 0 spiro atoms. The number of para-hydroxylation sites is 1. The Labute approximate surface area is 161 Å². The smallest absolute Gasteiger partial charge is 0.162 e. The van der Waals surface area contributed by atoms with Gasteiger partial charge in [-0.1, -0.05) is 36.7 Å². The minimum absolute atomic E-state index is 0.588. The first-order valence-corrected chi connectivity index (χ1v) is 9.48. The molecule has 0 amide bonds. The van der Waals surface area contributed by atoms with Crippen molar-refractivity contribution < 1.29 is 14.2 Å². The fourth-order valence-electron chi connectivity index (χ4n) is 2.66. The lowest BCUT2D eigenvalue weighted by Crippen LogP contribution is -2.17. The summed E-state index contributed by atoms with van der Waals surface area (Å²) in [5.74, 6) is 2.37. The van der Waals surface area contributed by atoms with Gasteiger partial charge in [-0.15, -0.1) is 0 Å². The van der Waals surface area contributed by atoms with Crippen molar-refractivity contribution in [3.63, 3.8) is 0 Å². The predicted molar refractivity (Wildman–Crippen MR) is 107 cm³/mol. The Morgan fingerprint density at radius 3 is 2.46 bits per heavy atom. The Morgan fingerprint density at radius 2 is 1.73 bits per heavy atom. The first-order valence-electron chi connectivity index (χ1n) is 9.10. The first kappa shape index (κ1) is 20.4. The minimum Gasteiger partial charge on any atom is -0.496 e. The Morgan fingerprint density at radius 1 is 0.962 bits per heavy atom. The van der Waals surface area contributed by atoms with Crippen LogP contribution in [0.2, 0.25) is 5.02 Å². The molecular weight excluding hydrogens is 350 g/mol. The lowest BCUT2D eigenvalue weighted by molar-refractivity contribution is 0.276. The fraction of sp³-hybridized carbons (Fsp3) is 0.429. The zero-order valence-corrected chi connectivity index (χ0v) is 16.6. The molecule has 5 heteroatoms. The van der Waals surface area contributed by atoms with E-state index in [9.17, 15) is 0 Å². The van der Waals surface area contributed by atoms with Crippen molar-refractivity contribution in [1.29, 1.82) is 0 Å². The largest absolute Gasteiger partial charge is 0.496 e. The Kier molecular flexibility index (Phi) is 8.59. The maximum Gasteiger partial charge on any atom is 0.162 e. The molecule has 0 fully saturated rings. The summed E-state index contributed by atoms with van der Waals surface area (Å²) in [6.45, 7) is 6.76. The summed E-state index contributed by atoms with van der Waals surface area (Å²) in [7, 11) is 1.70. The van der Waals surface area contributed by atoms with E-state index in [0.29, 0.717) is 30.5 Å². The quantitative estimate of drug-likeness (QED) is 0.567. The van der Waals surface area contributed by atoms with Crippen LogP contribution in [0.3, 0.4) is 0 Å². The summed E-state index contributed by atoms with van der Waals surface area (Å²) >= 11 is 6.43. The molecular formula is C21H28ClNO3. The van der Waals surface area contributed by atoms with Crippen molar-refractivity contribution >= 4 is 11.6 Å². The van der Waals surface area contributed by atoms with Gasteiger partial charge in [0.1, 0.15) is 5.75 Å². The van der Waals surface area contributed by atoms with E-state index in [1.807, 2.05) is 37.3 Å². The van der Waals surface area contributed by atoms with Crippen molar-refractivity contribution in [2.75, 3.05) is 26.9 Å². The van der Waals surface area contributed by atoms with Gasteiger partial charge in [-0.25, -0.2) is 0 Å². The number of nitrogens with one attached hydrogen (secondary N) is 1. The molecule has 2 rings (SSSR count). The Hall–Kier alpha value is -1.91. The van der Waals surface area contributed by atoms with E-state index < -0.39 is 0 Å². The summed E-state index contributed by atoms with van der Waals surface area (Å²) in [5.41, 5.74) is 2.19. The number of benzene rings is 2. The van der Waals surface area contributed by atoms with Crippen molar-refractivity contribution in [3.05, 3.63) is 52.5 Å². The summed E-state index contributed by atoms with van der Waals surface area (Å²) in [6.07, 6.45) is 1.83. The van der Waals surface area contributed by atoms with Crippen molar-refractivity contribution in [1.82, 2.24) is 5.32 Å². The van der Waals surface area contributed by atoms with E-state index >= 15 is 0 Å². The molecule has 0 saturated heterocycles. The van der Waals surface area contributed by atoms with E-state index in [2.05, 4.69) is 18.3 Å². The Balaban J connectivity index is 1.97. The van der Waals surface area contributed by atoms with Crippen LogP contribution in [0.1, 0.15) is 31.4 Å². The van der Waals surface area contributed by atoms with Crippen molar-refractivity contribution in [3.8, 4) is 17.2 Å². The third kappa shape index (κ3) is 5.82. The van der Waals surface area contributed by atoms with Gasteiger partial charge in [-0.05, 0) is 49.6 Å². The number of methoxy groups -OCH3 is 1. The topological polar surface area (TPSA) is 39.7 Å². The second-order valence-electron chi connectivity index (χ2n) is 5.91. The molecule has 0 aromatic heterocycles. The molecule has 0 unspecified atom stereocenters. The van der Waals surface area contributed by atoms with Crippen LogP contribution in [0.15, 0.2) is 36.4 Å². The van der Waals surface area contributed by atoms with Gasteiger partial charge in [0.2, 0.25) is 0 Å². The van der Waals surface area contributed by atoms with Crippen LogP contribution in [-0.2, 0) is 13.0 Å². The molecule has 0 heterocycles. The van der Waals surface area contributed by atoms with Gasteiger partial charge in [0.05, 0.1) is 20.3 Å². The first-order chi connectivity index (χ1) is 12.7. The van der Waals surface area contributed by atoms with Crippen LogP contribution in [0, 0.1) is 0 Å². The van der Waals surface area contributed by atoms with Crippen LogP contribution in [0.25, 0.3) is 0 Å². The monoisotopic (exact) mass is 377 g/mol. The number of ether oxygens (including phenoxy) is 3. The van der Waals surface area contributed by atoms with Gasteiger partial charge in [-0.3, -0.25) is 0 Å². The standard InChI is InChI=1S/C21H28ClNO3/c1-4-12-26-21-14-18(22)17(13-20(21)25-5-2)15-23-11-10-16-8-6-7-9-19(16)24-3/h6-9,13-14,23H,4-5,10-12,15H2,1-3H3. The average Bonchev–Trinajstić information content (AvgIpc) is 2.66. The number of halogens is 1. The van der Waals surface area contributed by atoms with Gasteiger partial charge < -0.3 is 19.5 Å².